The van der Waals surface area contributed by atoms with Gasteiger partial charge in [0.1, 0.15) is 0 Å². The van der Waals surface area contributed by atoms with Crippen LogP contribution in [0.25, 0.3) is 0 Å². The summed E-state index contributed by atoms with van der Waals surface area (Å²) in [6.45, 7) is 0.129. The van der Waals surface area contributed by atoms with Gasteiger partial charge in [0.15, 0.2) is 11.5 Å². The molecule has 0 saturated carbocycles. The third-order valence-corrected chi connectivity index (χ3v) is 2.98. The fraction of sp³-hybridized carbons (Fsp3) is 0.455. The molecule has 0 unspecified atom stereocenters. The Hall–Kier alpha value is -0.780. The van der Waals surface area contributed by atoms with Gasteiger partial charge in [-0.15, -0.1) is 0 Å². The predicted molar refractivity (Wildman–Crippen MR) is 65.6 cm³/mol. The van der Waals surface area contributed by atoms with E-state index >= 15 is 0 Å². The number of rotatable bonds is 5. The highest BCUT2D eigenvalue weighted by Crippen LogP contribution is 2.37. The molecule has 0 amide bonds. The monoisotopic (exact) mass is 289 g/mol. The lowest BCUT2D eigenvalue weighted by Crippen LogP contribution is -2.11. The summed E-state index contributed by atoms with van der Waals surface area (Å²) in [4.78, 5) is 0. The standard InChI is InChI=1S/C11H16BrNO3/c1-16-10-6-7(5-8(12)11(10)15)9(13)3-2-4-14/h5-6,9,14-15H,2-4,13H2,1H3/t9-/m0/s1. The van der Waals surface area contributed by atoms with E-state index in [4.69, 9.17) is 15.6 Å². The number of nitrogens with two attached hydrogens (primary N) is 1. The van der Waals surface area contributed by atoms with E-state index in [0.717, 1.165) is 5.56 Å². The lowest BCUT2D eigenvalue weighted by molar-refractivity contribution is 0.280. The largest absolute Gasteiger partial charge is 0.503 e. The van der Waals surface area contributed by atoms with Crippen molar-refractivity contribution in [2.24, 2.45) is 5.73 Å². The van der Waals surface area contributed by atoms with Gasteiger partial charge in [-0.2, -0.15) is 0 Å². The van der Waals surface area contributed by atoms with Crippen LogP contribution in [-0.4, -0.2) is 23.9 Å². The van der Waals surface area contributed by atoms with Crippen LogP contribution in [0, 0.1) is 0 Å². The van der Waals surface area contributed by atoms with Crippen molar-refractivity contribution in [1.29, 1.82) is 0 Å². The number of hydrogen-bond acceptors (Lipinski definition) is 4. The van der Waals surface area contributed by atoms with Crippen molar-refractivity contribution in [2.75, 3.05) is 13.7 Å². The van der Waals surface area contributed by atoms with Crippen molar-refractivity contribution >= 4 is 15.9 Å². The van der Waals surface area contributed by atoms with Gasteiger partial charge in [0.25, 0.3) is 0 Å². The lowest BCUT2D eigenvalue weighted by Gasteiger charge is -2.14. The van der Waals surface area contributed by atoms with Gasteiger partial charge in [-0.05, 0) is 46.5 Å². The molecule has 90 valence electrons. The molecule has 0 fully saturated rings. The summed E-state index contributed by atoms with van der Waals surface area (Å²) in [5.41, 5.74) is 6.82. The number of aliphatic hydroxyl groups is 1. The summed E-state index contributed by atoms with van der Waals surface area (Å²) in [5, 5.41) is 18.4. The summed E-state index contributed by atoms with van der Waals surface area (Å²) in [5.74, 6) is 0.462. The molecule has 0 saturated heterocycles. The Balaban J connectivity index is 2.92. The first-order chi connectivity index (χ1) is 7.60. The number of aromatic hydroxyl groups is 1. The smallest absolute Gasteiger partial charge is 0.172 e. The molecule has 1 aromatic rings. The molecule has 4 N–H and O–H groups in total. The second-order valence-electron chi connectivity index (χ2n) is 3.53. The first kappa shape index (κ1) is 13.3. The Kier molecular flexibility index (Phi) is 5.05. The van der Waals surface area contributed by atoms with Gasteiger partial charge in [0, 0.05) is 12.6 Å². The number of ether oxygens (including phenoxy) is 1. The Morgan fingerprint density at radius 3 is 2.75 bits per heavy atom. The van der Waals surface area contributed by atoms with Crippen LogP contribution in [0.5, 0.6) is 11.5 Å². The van der Waals surface area contributed by atoms with E-state index in [9.17, 15) is 5.11 Å². The normalized spacial score (nSPS) is 12.5. The Labute approximate surface area is 103 Å². The summed E-state index contributed by atoms with van der Waals surface area (Å²) in [7, 11) is 1.49. The van der Waals surface area contributed by atoms with E-state index in [-0.39, 0.29) is 18.4 Å². The first-order valence-electron chi connectivity index (χ1n) is 5.03. The zero-order valence-electron chi connectivity index (χ0n) is 9.11. The number of phenolic OH excluding ortho intramolecular Hbond substituents is 1. The molecular weight excluding hydrogens is 274 g/mol. The number of phenols is 1. The van der Waals surface area contributed by atoms with Crippen LogP contribution >= 0.6 is 15.9 Å². The molecule has 4 nitrogen and oxygen atoms in total. The van der Waals surface area contributed by atoms with Gasteiger partial charge in [0.05, 0.1) is 11.6 Å². The third-order valence-electron chi connectivity index (χ3n) is 2.37. The zero-order valence-corrected chi connectivity index (χ0v) is 10.7. The van der Waals surface area contributed by atoms with Crippen molar-refractivity contribution in [2.45, 2.75) is 18.9 Å². The van der Waals surface area contributed by atoms with E-state index < -0.39 is 0 Å². The van der Waals surface area contributed by atoms with Gasteiger partial charge in [-0.3, -0.25) is 0 Å². The van der Waals surface area contributed by atoms with Crippen LogP contribution in [0.2, 0.25) is 0 Å². The molecule has 0 radical (unpaired) electrons. The van der Waals surface area contributed by atoms with E-state index in [1.165, 1.54) is 7.11 Å². The fourth-order valence-corrected chi connectivity index (χ4v) is 1.90. The van der Waals surface area contributed by atoms with Crippen LogP contribution in [0.1, 0.15) is 24.4 Å². The molecule has 0 aromatic heterocycles. The average molecular weight is 290 g/mol. The summed E-state index contributed by atoms with van der Waals surface area (Å²) in [6, 6.07) is 3.31. The minimum Gasteiger partial charge on any atom is -0.503 e. The zero-order chi connectivity index (χ0) is 12.1. The predicted octanol–water partition coefficient (Wildman–Crippen LogP) is 1.94. The number of hydrogen-bond donors (Lipinski definition) is 3. The maximum atomic E-state index is 9.63. The topological polar surface area (TPSA) is 75.7 Å². The van der Waals surface area contributed by atoms with Crippen molar-refractivity contribution in [1.82, 2.24) is 0 Å². The summed E-state index contributed by atoms with van der Waals surface area (Å²) >= 11 is 3.24. The Bertz CT molecular complexity index is 357. The van der Waals surface area contributed by atoms with Crippen LogP contribution in [-0.2, 0) is 0 Å². The second-order valence-corrected chi connectivity index (χ2v) is 4.38. The van der Waals surface area contributed by atoms with Gasteiger partial charge in [-0.25, -0.2) is 0 Å². The quantitative estimate of drug-likeness (QED) is 0.774. The van der Waals surface area contributed by atoms with Crippen LogP contribution in [0.15, 0.2) is 16.6 Å². The SMILES string of the molecule is COc1cc([C@@H](N)CCCO)cc(Br)c1O. The molecule has 16 heavy (non-hydrogen) atoms. The van der Waals surface area contributed by atoms with Crippen molar-refractivity contribution < 1.29 is 14.9 Å². The van der Waals surface area contributed by atoms with Crippen LogP contribution < -0.4 is 10.5 Å². The third kappa shape index (κ3) is 3.10. The molecule has 5 heteroatoms. The highest BCUT2D eigenvalue weighted by molar-refractivity contribution is 9.10. The van der Waals surface area contributed by atoms with Gasteiger partial charge in [0.2, 0.25) is 0 Å². The number of aliphatic hydroxyl groups excluding tert-OH is 1. The molecule has 0 aliphatic heterocycles. The molecule has 1 atom stereocenters. The molecule has 0 heterocycles. The lowest BCUT2D eigenvalue weighted by atomic mass is 10.0. The molecule has 1 rings (SSSR count). The molecular formula is C11H16BrNO3. The second kappa shape index (κ2) is 6.08. The van der Waals surface area contributed by atoms with Crippen LogP contribution in [0.3, 0.4) is 0 Å². The maximum absolute atomic E-state index is 9.63. The summed E-state index contributed by atoms with van der Waals surface area (Å²) < 4.78 is 5.59. The van der Waals surface area contributed by atoms with E-state index in [1.807, 2.05) is 0 Å². The molecule has 0 aliphatic carbocycles. The van der Waals surface area contributed by atoms with Crippen molar-refractivity contribution in [3.8, 4) is 11.5 Å². The number of halogens is 1. The van der Waals surface area contributed by atoms with E-state index in [1.54, 1.807) is 12.1 Å². The number of methoxy groups -OCH3 is 1. The minimum absolute atomic E-state index is 0.0700. The van der Waals surface area contributed by atoms with E-state index in [2.05, 4.69) is 15.9 Å². The Morgan fingerprint density at radius 1 is 1.50 bits per heavy atom. The maximum Gasteiger partial charge on any atom is 0.172 e. The Morgan fingerprint density at radius 2 is 2.19 bits per heavy atom. The average Bonchev–Trinajstić information content (AvgIpc) is 2.29. The van der Waals surface area contributed by atoms with Gasteiger partial charge < -0.3 is 20.7 Å². The fourth-order valence-electron chi connectivity index (χ4n) is 1.44. The molecule has 0 bridgehead atoms. The number of benzene rings is 1. The van der Waals surface area contributed by atoms with E-state index in [0.29, 0.717) is 23.1 Å². The van der Waals surface area contributed by atoms with Crippen LogP contribution in [0.4, 0.5) is 0 Å². The highest BCUT2D eigenvalue weighted by atomic mass is 79.9. The van der Waals surface area contributed by atoms with Crippen molar-refractivity contribution in [3.05, 3.63) is 22.2 Å². The highest BCUT2D eigenvalue weighted by Gasteiger charge is 2.12. The molecule has 1 aromatic carbocycles. The van der Waals surface area contributed by atoms with Gasteiger partial charge in [-0.1, -0.05) is 0 Å². The molecule has 0 aliphatic rings. The van der Waals surface area contributed by atoms with Crippen molar-refractivity contribution in [3.63, 3.8) is 0 Å². The minimum atomic E-state index is -0.169. The molecule has 0 spiro atoms. The summed E-state index contributed by atoms with van der Waals surface area (Å²) in [6.07, 6.45) is 1.35. The first-order valence-corrected chi connectivity index (χ1v) is 5.82. The van der Waals surface area contributed by atoms with Gasteiger partial charge >= 0.3 is 0 Å².